The van der Waals surface area contributed by atoms with E-state index in [9.17, 15) is 9.59 Å². The smallest absolute Gasteiger partial charge is 0.409 e. The average Bonchev–Trinajstić information content (AvgIpc) is 2.10. The maximum absolute atomic E-state index is 11.1. The fourth-order valence-corrected chi connectivity index (χ4v) is 0.669. The molecule has 76 valence electrons. The minimum absolute atomic E-state index is 0.164. The molecule has 0 rings (SSSR count). The van der Waals surface area contributed by atoms with Gasteiger partial charge in [-0.1, -0.05) is 6.92 Å². The van der Waals surface area contributed by atoms with Crippen molar-refractivity contribution >= 4 is 12.0 Å². The quantitative estimate of drug-likeness (QED) is 0.676. The molecule has 0 fully saturated rings. The lowest BCUT2D eigenvalue weighted by molar-refractivity contribution is -0.118. The predicted octanol–water partition coefficient (Wildman–Crippen LogP) is 0.340. The van der Waals surface area contributed by atoms with Crippen molar-refractivity contribution in [3.63, 3.8) is 0 Å². The van der Waals surface area contributed by atoms with Crippen LogP contribution in [0.2, 0.25) is 0 Å². The van der Waals surface area contributed by atoms with Gasteiger partial charge in [0.05, 0.1) is 6.61 Å². The summed E-state index contributed by atoms with van der Waals surface area (Å²) in [5.74, 6) is -0.421. The Labute approximate surface area is 77.8 Å². The Morgan fingerprint density at radius 2 is 2.08 bits per heavy atom. The molecule has 0 spiro atoms. The van der Waals surface area contributed by atoms with Crippen LogP contribution >= 0.6 is 0 Å². The normalized spacial score (nSPS) is 9.38. The number of nitrogens with zero attached hydrogens (tertiary/aromatic N) is 1. The Morgan fingerprint density at radius 3 is 2.54 bits per heavy atom. The van der Waals surface area contributed by atoms with Crippen molar-refractivity contribution in [3.05, 3.63) is 0 Å². The summed E-state index contributed by atoms with van der Waals surface area (Å²) in [6.45, 7) is 2.62. The SMILES string of the molecule is CCCOC(=O)N(C)CCC(N)=O. The van der Waals surface area contributed by atoms with Crippen molar-refractivity contribution in [3.8, 4) is 0 Å². The van der Waals surface area contributed by atoms with Crippen LogP contribution in [0, 0.1) is 0 Å². The fraction of sp³-hybridized carbons (Fsp3) is 0.750. The van der Waals surface area contributed by atoms with E-state index in [4.69, 9.17) is 10.5 Å². The van der Waals surface area contributed by atoms with Crippen molar-refractivity contribution in [1.29, 1.82) is 0 Å². The Morgan fingerprint density at radius 1 is 1.46 bits per heavy atom. The lowest BCUT2D eigenvalue weighted by atomic mass is 10.4. The van der Waals surface area contributed by atoms with Crippen LogP contribution in [0.1, 0.15) is 19.8 Å². The minimum atomic E-state index is -0.421. The number of nitrogens with two attached hydrogens (primary N) is 1. The third-order valence-electron chi connectivity index (χ3n) is 1.43. The first-order valence-corrected chi connectivity index (χ1v) is 4.24. The van der Waals surface area contributed by atoms with Gasteiger partial charge in [0.1, 0.15) is 0 Å². The van der Waals surface area contributed by atoms with Crippen LogP contribution in [0.25, 0.3) is 0 Å². The molecule has 0 heterocycles. The zero-order chi connectivity index (χ0) is 10.3. The zero-order valence-electron chi connectivity index (χ0n) is 8.08. The number of hydrogen-bond donors (Lipinski definition) is 1. The van der Waals surface area contributed by atoms with Gasteiger partial charge in [-0.05, 0) is 6.42 Å². The molecule has 5 nitrogen and oxygen atoms in total. The van der Waals surface area contributed by atoms with Crippen molar-refractivity contribution in [2.75, 3.05) is 20.2 Å². The molecule has 0 saturated heterocycles. The minimum Gasteiger partial charge on any atom is -0.449 e. The largest absolute Gasteiger partial charge is 0.449 e. The summed E-state index contributed by atoms with van der Waals surface area (Å²) in [7, 11) is 1.57. The summed E-state index contributed by atoms with van der Waals surface area (Å²) in [5, 5.41) is 0. The van der Waals surface area contributed by atoms with E-state index in [1.165, 1.54) is 4.90 Å². The summed E-state index contributed by atoms with van der Waals surface area (Å²) >= 11 is 0. The summed E-state index contributed by atoms with van der Waals surface area (Å²) in [6.07, 6.45) is 0.538. The molecule has 0 radical (unpaired) electrons. The van der Waals surface area contributed by atoms with Crippen LogP contribution in [-0.2, 0) is 9.53 Å². The number of amides is 2. The molecular weight excluding hydrogens is 172 g/mol. The molecule has 0 atom stereocenters. The summed E-state index contributed by atoms with van der Waals surface area (Å²) in [4.78, 5) is 22.8. The van der Waals surface area contributed by atoms with Crippen LogP contribution in [0.3, 0.4) is 0 Å². The number of primary amides is 1. The van der Waals surface area contributed by atoms with E-state index < -0.39 is 12.0 Å². The molecule has 0 unspecified atom stereocenters. The molecule has 2 amide bonds. The monoisotopic (exact) mass is 188 g/mol. The first-order valence-electron chi connectivity index (χ1n) is 4.24. The first-order chi connectivity index (χ1) is 6.07. The van der Waals surface area contributed by atoms with E-state index in [1.54, 1.807) is 7.05 Å². The van der Waals surface area contributed by atoms with E-state index in [2.05, 4.69) is 0 Å². The molecule has 0 bridgehead atoms. The van der Waals surface area contributed by atoms with Gasteiger partial charge in [0, 0.05) is 20.0 Å². The van der Waals surface area contributed by atoms with Crippen LogP contribution in [0.15, 0.2) is 0 Å². The van der Waals surface area contributed by atoms with Crippen molar-refractivity contribution in [2.45, 2.75) is 19.8 Å². The van der Waals surface area contributed by atoms with E-state index >= 15 is 0 Å². The highest BCUT2D eigenvalue weighted by Gasteiger charge is 2.09. The number of rotatable bonds is 5. The first kappa shape index (κ1) is 11.7. The Hall–Kier alpha value is -1.26. The van der Waals surface area contributed by atoms with Gasteiger partial charge in [-0.25, -0.2) is 4.79 Å². The molecule has 0 aromatic carbocycles. The molecule has 0 aromatic rings. The maximum atomic E-state index is 11.1. The molecule has 0 aromatic heterocycles. The van der Waals surface area contributed by atoms with Crippen molar-refractivity contribution in [2.24, 2.45) is 5.73 Å². The highest BCUT2D eigenvalue weighted by Crippen LogP contribution is 1.93. The van der Waals surface area contributed by atoms with Crippen LogP contribution in [0.5, 0.6) is 0 Å². The molecule has 13 heavy (non-hydrogen) atoms. The number of carbonyl (C=O) groups excluding carboxylic acids is 2. The number of hydrogen-bond acceptors (Lipinski definition) is 3. The standard InChI is InChI=1S/C8H16N2O3/c1-3-6-13-8(12)10(2)5-4-7(9)11/h3-6H2,1-2H3,(H2,9,11). The predicted molar refractivity (Wildman–Crippen MR) is 48.1 cm³/mol. The van der Waals surface area contributed by atoms with Gasteiger partial charge in [0.2, 0.25) is 5.91 Å². The van der Waals surface area contributed by atoms with Gasteiger partial charge in [0.15, 0.2) is 0 Å². The highest BCUT2D eigenvalue weighted by molar-refractivity contribution is 5.75. The van der Waals surface area contributed by atoms with E-state index in [-0.39, 0.29) is 6.42 Å². The van der Waals surface area contributed by atoms with Gasteiger partial charge < -0.3 is 15.4 Å². The second-order valence-corrected chi connectivity index (χ2v) is 2.75. The highest BCUT2D eigenvalue weighted by atomic mass is 16.6. The third kappa shape index (κ3) is 5.95. The topological polar surface area (TPSA) is 72.6 Å². The number of carbonyl (C=O) groups is 2. The molecular formula is C8H16N2O3. The van der Waals surface area contributed by atoms with Gasteiger partial charge in [-0.2, -0.15) is 0 Å². The van der Waals surface area contributed by atoms with Crippen molar-refractivity contribution < 1.29 is 14.3 Å². The van der Waals surface area contributed by atoms with E-state index in [1.807, 2.05) is 6.92 Å². The van der Waals surface area contributed by atoms with Gasteiger partial charge in [-0.15, -0.1) is 0 Å². The third-order valence-corrected chi connectivity index (χ3v) is 1.43. The Bertz CT molecular complexity index is 182. The lowest BCUT2D eigenvalue weighted by Crippen LogP contribution is -2.31. The molecule has 0 aliphatic carbocycles. The summed E-state index contributed by atoms with van der Waals surface area (Å²) in [6, 6.07) is 0. The molecule has 0 saturated carbocycles. The molecule has 0 aliphatic rings. The lowest BCUT2D eigenvalue weighted by Gasteiger charge is -2.15. The fourth-order valence-electron chi connectivity index (χ4n) is 0.669. The summed E-state index contributed by atoms with van der Waals surface area (Å²) in [5.41, 5.74) is 4.92. The maximum Gasteiger partial charge on any atom is 0.409 e. The van der Waals surface area contributed by atoms with Gasteiger partial charge in [0.25, 0.3) is 0 Å². The van der Waals surface area contributed by atoms with E-state index in [0.717, 1.165) is 6.42 Å². The van der Waals surface area contributed by atoms with Gasteiger partial charge in [-0.3, -0.25) is 4.79 Å². The molecule has 0 aliphatic heterocycles. The van der Waals surface area contributed by atoms with Crippen LogP contribution in [-0.4, -0.2) is 37.1 Å². The second-order valence-electron chi connectivity index (χ2n) is 2.75. The molecule has 2 N–H and O–H groups in total. The summed E-state index contributed by atoms with van der Waals surface area (Å²) < 4.78 is 4.82. The van der Waals surface area contributed by atoms with Crippen LogP contribution in [0.4, 0.5) is 4.79 Å². The van der Waals surface area contributed by atoms with Crippen LogP contribution < -0.4 is 5.73 Å². The zero-order valence-corrected chi connectivity index (χ0v) is 8.08. The second kappa shape index (κ2) is 6.28. The molecule has 5 heteroatoms. The van der Waals surface area contributed by atoms with E-state index in [0.29, 0.717) is 13.2 Å². The Balaban J connectivity index is 3.62. The number of ether oxygens (including phenoxy) is 1. The Kier molecular flexibility index (Phi) is 5.67. The average molecular weight is 188 g/mol. The van der Waals surface area contributed by atoms with Gasteiger partial charge >= 0.3 is 6.09 Å². The van der Waals surface area contributed by atoms with Crippen molar-refractivity contribution in [1.82, 2.24) is 4.90 Å².